The molecule has 0 N–H and O–H groups in total. The van der Waals surface area contributed by atoms with E-state index in [1.54, 1.807) is 0 Å². The van der Waals surface area contributed by atoms with Gasteiger partial charge >= 0.3 is 0 Å². The fourth-order valence-corrected chi connectivity index (χ4v) is 16.3. The molecule has 0 saturated heterocycles. The molecule has 0 aliphatic rings. The number of aromatic nitrogens is 3. The van der Waals surface area contributed by atoms with Crippen molar-refractivity contribution in [2.75, 3.05) is 0 Å². The monoisotopic (exact) mass is 1200 g/mol. The van der Waals surface area contributed by atoms with Crippen LogP contribution in [0.15, 0.2) is 289 Å². The van der Waals surface area contributed by atoms with Gasteiger partial charge in [-0.3, -0.25) is 0 Å². The third-order valence-electron chi connectivity index (χ3n) is 20.1. The van der Waals surface area contributed by atoms with Crippen molar-refractivity contribution in [2.45, 2.75) is 0 Å². The molecule has 14 aromatic carbocycles. The van der Waals surface area contributed by atoms with E-state index in [1.165, 1.54) is 0 Å². The minimum atomic E-state index is 0.449. The molecule has 0 aliphatic carbocycles. The van der Waals surface area contributed by atoms with E-state index in [0.717, 1.165) is 192 Å². The maximum Gasteiger partial charge on any atom is 0.136 e. The summed E-state index contributed by atoms with van der Waals surface area (Å²) >= 11 is 0. The molecule has 434 valence electrons. The highest BCUT2D eigenvalue weighted by Crippen LogP contribution is 2.55. The summed E-state index contributed by atoms with van der Waals surface area (Å²) in [6.07, 6.45) is 0. The van der Waals surface area contributed by atoms with E-state index in [1.807, 2.05) is 54.6 Å². The summed E-state index contributed by atoms with van der Waals surface area (Å²) in [4.78, 5) is 0. The van der Waals surface area contributed by atoms with Crippen LogP contribution in [0.5, 0.6) is 0 Å². The lowest BCUT2D eigenvalue weighted by atomic mass is 9.86. The maximum absolute atomic E-state index is 13.1. The maximum atomic E-state index is 13.1. The standard InChI is InChI=1S/C85H44N4O5/c86-45-58-75(46-33-35-50-48-17-4-12-28-65(48)93-73(50)43-46)83(87-59-25-9-1-19-52(59)77-62(87)37-40-70-80(77)55-22-6-14-30-67(55)90-70)85(89-61-27-11-3-21-54(61)79-64(89)39-42-72-82(79)57-24-8-16-32-69(57)92-72)84(76(58)47-34-36-51-49-18-5-13-29-66(49)94-74(51)44-47)88-60-26-10-2-20-53(60)78-63(88)38-41-71-81(78)56-23-7-15-31-68(56)91-71/h1-44H. The normalized spacial score (nSPS) is 12.5. The van der Waals surface area contributed by atoms with Crippen molar-refractivity contribution in [3.8, 4) is 45.4 Å². The van der Waals surface area contributed by atoms with Crippen molar-refractivity contribution < 1.29 is 22.1 Å². The number of hydrogen-bond acceptors (Lipinski definition) is 6. The van der Waals surface area contributed by atoms with Gasteiger partial charge in [0.05, 0.1) is 55.7 Å². The number of benzene rings is 14. The molecule has 0 atom stereocenters. The first-order valence-electron chi connectivity index (χ1n) is 31.6. The number of nitrogens with zero attached hydrogens (tertiary/aromatic N) is 4. The highest BCUT2D eigenvalue weighted by Gasteiger charge is 2.36. The number of rotatable bonds is 5. The zero-order chi connectivity index (χ0) is 61.2. The number of furan rings is 5. The number of nitriles is 1. The van der Waals surface area contributed by atoms with Crippen LogP contribution in [-0.4, -0.2) is 13.7 Å². The van der Waals surface area contributed by atoms with Gasteiger partial charge in [0.25, 0.3) is 0 Å². The zero-order valence-corrected chi connectivity index (χ0v) is 49.7. The van der Waals surface area contributed by atoms with E-state index < -0.39 is 0 Å². The average molecular weight is 1200 g/mol. The largest absolute Gasteiger partial charge is 0.456 e. The molecule has 94 heavy (non-hydrogen) atoms. The summed E-state index contributed by atoms with van der Waals surface area (Å²) in [5.74, 6) is 0. The van der Waals surface area contributed by atoms with E-state index >= 15 is 0 Å². The molecule has 8 heterocycles. The van der Waals surface area contributed by atoms with Crippen LogP contribution in [0.3, 0.4) is 0 Å². The molecule has 0 unspecified atom stereocenters. The van der Waals surface area contributed by atoms with Crippen LogP contribution < -0.4 is 0 Å². The third-order valence-corrected chi connectivity index (χ3v) is 20.1. The van der Waals surface area contributed by atoms with Crippen LogP contribution >= 0.6 is 0 Å². The second kappa shape index (κ2) is 18.1. The Morgan fingerprint density at radius 1 is 0.223 bits per heavy atom. The van der Waals surface area contributed by atoms with Gasteiger partial charge in [-0.2, -0.15) is 5.26 Å². The molecule has 22 rings (SSSR count). The van der Waals surface area contributed by atoms with E-state index in [9.17, 15) is 5.26 Å². The summed E-state index contributed by atoms with van der Waals surface area (Å²) in [6.45, 7) is 0. The molecule has 9 heteroatoms. The summed E-state index contributed by atoms with van der Waals surface area (Å²) in [6, 6.07) is 96.6. The first kappa shape index (κ1) is 49.8. The summed E-state index contributed by atoms with van der Waals surface area (Å²) in [5, 5.41) is 29.4. The number of hydrogen-bond donors (Lipinski definition) is 0. The second-order valence-corrected chi connectivity index (χ2v) is 24.8. The average Bonchev–Trinajstić information content (AvgIpc) is 1.49. The zero-order valence-electron chi connectivity index (χ0n) is 49.7. The van der Waals surface area contributed by atoms with Crippen molar-refractivity contribution >= 4 is 175 Å². The van der Waals surface area contributed by atoms with Gasteiger partial charge in [-0.15, -0.1) is 0 Å². The highest BCUT2D eigenvalue weighted by atomic mass is 16.3. The van der Waals surface area contributed by atoms with Crippen LogP contribution in [0.2, 0.25) is 0 Å². The van der Waals surface area contributed by atoms with Gasteiger partial charge in [0, 0.05) is 97.3 Å². The van der Waals surface area contributed by atoms with Crippen molar-refractivity contribution in [2.24, 2.45) is 0 Å². The Kier molecular flexibility index (Phi) is 9.59. The molecule has 9 nitrogen and oxygen atoms in total. The minimum absolute atomic E-state index is 0.449. The predicted octanol–water partition coefficient (Wildman–Crippen LogP) is 23.7. The van der Waals surface area contributed by atoms with Crippen molar-refractivity contribution in [3.05, 3.63) is 272 Å². The molecule has 0 spiro atoms. The molecule has 0 saturated carbocycles. The third kappa shape index (κ3) is 6.40. The molecule has 0 radical (unpaired) electrons. The summed E-state index contributed by atoms with van der Waals surface area (Å²) in [7, 11) is 0. The lowest BCUT2D eigenvalue weighted by Gasteiger charge is -2.29. The predicted molar refractivity (Wildman–Crippen MR) is 381 cm³/mol. The Morgan fingerprint density at radius 2 is 0.511 bits per heavy atom. The molecule has 8 aromatic heterocycles. The van der Waals surface area contributed by atoms with Gasteiger partial charge in [0.15, 0.2) is 0 Å². The van der Waals surface area contributed by atoms with Crippen LogP contribution in [0.25, 0.3) is 214 Å². The lowest BCUT2D eigenvalue weighted by molar-refractivity contribution is 0.668. The second-order valence-electron chi connectivity index (χ2n) is 24.8. The van der Waals surface area contributed by atoms with Crippen LogP contribution in [0.4, 0.5) is 0 Å². The summed E-state index contributed by atoms with van der Waals surface area (Å²) < 4.78 is 41.6. The van der Waals surface area contributed by atoms with E-state index in [2.05, 4.69) is 232 Å². The highest BCUT2D eigenvalue weighted by molar-refractivity contribution is 6.31. The van der Waals surface area contributed by atoms with Crippen LogP contribution in [0.1, 0.15) is 5.56 Å². The van der Waals surface area contributed by atoms with Gasteiger partial charge in [0.1, 0.15) is 61.9 Å². The molecular formula is C85H44N4O5. The van der Waals surface area contributed by atoms with Crippen molar-refractivity contribution in [1.29, 1.82) is 5.26 Å². The molecule has 0 bridgehead atoms. The summed E-state index contributed by atoms with van der Waals surface area (Å²) in [5.41, 5.74) is 19.1. The first-order valence-corrected chi connectivity index (χ1v) is 31.6. The van der Waals surface area contributed by atoms with E-state index in [0.29, 0.717) is 27.9 Å². The van der Waals surface area contributed by atoms with Gasteiger partial charge in [-0.05, 0) is 120 Å². The van der Waals surface area contributed by atoms with Crippen molar-refractivity contribution in [3.63, 3.8) is 0 Å². The first-order chi connectivity index (χ1) is 46.6. The fraction of sp³-hybridized carbons (Fsp3) is 0. The van der Waals surface area contributed by atoms with Crippen LogP contribution in [-0.2, 0) is 0 Å². The Balaban J connectivity index is 1.05. The Morgan fingerprint density at radius 3 is 0.872 bits per heavy atom. The van der Waals surface area contributed by atoms with E-state index in [4.69, 9.17) is 22.1 Å². The van der Waals surface area contributed by atoms with Gasteiger partial charge in [-0.25, -0.2) is 0 Å². The topological polar surface area (TPSA) is 104 Å². The Bertz CT molecular complexity index is 6880. The molecule has 22 aromatic rings. The quantitative estimate of drug-likeness (QED) is 0.170. The fourth-order valence-electron chi connectivity index (χ4n) is 16.3. The van der Waals surface area contributed by atoms with E-state index in [-0.39, 0.29) is 0 Å². The van der Waals surface area contributed by atoms with Crippen molar-refractivity contribution in [1.82, 2.24) is 13.7 Å². The Hall–Kier alpha value is -13.0. The number of fused-ring (bicyclic) bond motifs is 27. The smallest absolute Gasteiger partial charge is 0.136 e. The number of para-hydroxylation sites is 8. The van der Waals surface area contributed by atoms with Gasteiger partial charge < -0.3 is 35.8 Å². The van der Waals surface area contributed by atoms with Gasteiger partial charge in [0.2, 0.25) is 0 Å². The van der Waals surface area contributed by atoms with Crippen LogP contribution in [0, 0.1) is 11.3 Å². The lowest BCUT2D eigenvalue weighted by Crippen LogP contribution is -2.14. The Labute approximate surface area is 531 Å². The SMILES string of the molecule is N#Cc1c(-c2ccc3c(c2)oc2ccccc23)c(-n2c3ccccc3c3c4c(ccc32)oc2ccccc24)c(-n2c3ccccc3c3c4c(ccc32)oc2ccccc24)c(-n2c3ccccc3c3c4c(ccc32)oc2ccccc24)c1-c1ccc2c(c1)oc1ccccc12. The van der Waals surface area contributed by atoms with Gasteiger partial charge in [-0.1, -0.05) is 158 Å². The minimum Gasteiger partial charge on any atom is -0.456 e. The molecular weight excluding hydrogens is 1160 g/mol. The molecule has 0 amide bonds. The molecule has 0 aliphatic heterocycles. The molecule has 0 fully saturated rings.